The lowest BCUT2D eigenvalue weighted by atomic mass is 9.99. The van der Waals surface area contributed by atoms with Gasteiger partial charge in [-0.25, -0.2) is 9.97 Å². The molecular formula is C20H24N4O4. The molecule has 0 aliphatic carbocycles. The highest BCUT2D eigenvalue weighted by Gasteiger charge is 2.47. The van der Waals surface area contributed by atoms with Crippen molar-refractivity contribution in [1.82, 2.24) is 19.8 Å². The summed E-state index contributed by atoms with van der Waals surface area (Å²) in [6, 6.07) is 2.61. The molecule has 1 aliphatic heterocycles. The molecule has 1 aliphatic rings. The number of furan rings is 1. The zero-order chi connectivity index (χ0) is 20.4. The molecule has 1 amide bonds. The SMILES string of the molecule is Cc1ncc(/C(O)=C2\C(=O)C(=O)N(CCCN(C)C)[C@H]2c2ccco2)c(C)n1. The number of nitrogens with zero attached hydrogens (tertiary/aromatic N) is 4. The van der Waals surface area contributed by atoms with Crippen LogP contribution in [0.1, 0.15) is 35.3 Å². The van der Waals surface area contributed by atoms with Gasteiger partial charge in [-0.05, 0) is 53.0 Å². The summed E-state index contributed by atoms with van der Waals surface area (Å²) in [5.74, 6) is -0.680. The van der Waals surface area contributed by atoms with Gasteiger partial charge in [-0.2, -0.15) is 0 Å². The van der Waals surface area contributed by atoms with Crippen LogP contribution in [-0.2, 0) is 9.59 Å². The highest BCUT2D eigenvalue weighted by atomic mass is 16.3. The van der Waals surface area contributed by atoms with Gasteiger partial charge in [0.25, 0.3) is 11.7 Å². The molecule has 28 heavy (non-hydrogen) atoms. The lowest BCUT2D eigenvalue weighted by Gasteiger charge is -2.24. The second-order valence-electron chi connectivity index (χ2n) is 7.08. The molecular weight excluding hydrogens is 360 g/mol. The molecule has 1 N–H and O–H groups in total. The lowest BCUT2D eigenvalue weighted by Crippen LogP contribution is -2.32. The number of aliphatic hydroxyl groups is 1. The van der Waals surface area contributed by atoms with E-state index >= 15 is 0 Å². The number of ketones is 1. The van der Waals surface area contributed by atoms with Crippen LogP contribution in [0.5, 0.6) is 0 Å². The zero-order valence-electron chi connectivity index (χ0n) is 16.5. The molecule has 0 unspecified atom stereocenters. The van der Waals surface area contributed by atoms with E-state index in [0.717, 1.165) is 6.54 Å². The molecule has 2 aromatic heterocycles. The van der Waals surface area contributed by atoms with Crippen LogP contribution in [0.2, 0.25) is 0 Å². The number of aromatic nitrogens is 2. The van der Waals surface area contributed by atoms with Crippen molar-refractivity contribution in [3.05, 3.63) is 53.0 Å². The topological polar surface area (TPSA) is 99.8 Å². The summed E-state index contributed by atoms with van der Waals surface area (Å²) in [6.07, 6.45) is 3.63. The third-order valence-corrected chi connectivity index (χ3v) is 4.71. The molecule has 0 aromatic carbocycles. The average molecular weight is 384 g/mol. The number of hydrogen-bond acceptors (Lipinski definition) is 7. The van der Waals surface area contributed by atoms with E-state index in [2.05, 4.69) is 9.97 Å². The van der Waals surface area contributed by atoms with Gasteiger partial charge < -0.3 is 19.3 Å². The zero-order valence-corrected chi connectivity index (χ0v) is 16.5. The number of Topliss-reactive ketones (excluding diaryl/α,β-unsaturated/α-hetero) is 1. The van der Waals surface area contributed by atoms with Crippen LogP contribution in [0, 0.1) is 13.8 Å². The van der Waals surface area contributed by atoms with E-state index in [1.807, 2.05) is 19.0 Å². The lowest BCUT2D eigenvalue weighted by molar-refractivity contribution is -0.140. The summed E-state index contributed by atoms with van der Waals surface area (Å²) in [6.45, 7) is 4.59. The monoisotopic (exact) mass is 384 g/mol. The number of rotatable bonds is 6. The van der Waals surface area contributed by atoms with Crippen molar-refractivity contribution >= 4 is 17.4 Å². The number of hydrogen-bond donors (Lipinski definition) is 1. The number of amides is 1. The Kier molecular flexibility index (Phi) is 5.60. The molecule has 0 radical (unpaired) electrons. The Hall–Kier alpha value is -3.00. The van der Waals surface area contributed by atoms with E-state index in [0.29, 0.717) is 35.8 Å². The molecule has 8 heteroatoms. The molecule has 2 aromatic rings. The van der Waals surface area contributed by atoms with Crippen molar-refractivity contribution in [2.24, 2.45) is 0 Å². The van der Waals surface area contributed by atoms with Crippen molar-refractivity contribution in [3.8, 4) is 0 Å². The summed E-state index contributed by atoms with van der Waals surface area (Å²) < 4.78 is 5.50. The Bertz CT molecular complexity index is 918. The Morgan fingerprint density at radius 2 is 2.07 bits per heavy atom. The van der Waals surface area contributed by atoms with Crippen LogP contribution in [0.3, 0.4) is 0 Å². The fraction of sp³-hybridized carbons (Fsp3) is 0.400. The molecule has 3 rings (SSSR count). The van der Waals surface area contributed by atoms with Gasteiger partial charge in [-0.3, -0.25) is 9.59 Å². The highest BCUT2D eigenvalue weighted by Crippen LogP contribution is 2.39. The highest BCUT2D eigenvalue weighted by molar-refractivity contribution is 6.46. The Morgan fingerprint density at radius 3 is 2.68 bits per heavy atom. The second-order valence-corrected chi connectivity index (χ2v) is 7.08. The number of aryl methyl sites for hydroxylation is 2. The number of carbonyl (C=O) groups is 2. The first-order valence-corrected chi connectivity index (χ1v) is 9.08. The predicted octanol–water partition coefficient (Wildman–Crippen LogP) is 2.06. The third-order valence-electron chi connectivity index (χ3n) is 4.71. The second kappa shape index (κ2) is 7.93. The largest absolute Gasteiger partial charge is 0.507 e. The van der Waals surface area contributed by atoms with Crippen LogP contribution in [-0.4, -0.2) is 63.7 Å². The van der Waals surface area contributed by atoms with E-state index in [9.17, 15) is 14.7 Å². The fourth-order valence-electron chi connectivity index (χ4n) is 3.37. The maximum absolute atomic E-state index is 12.8. The summed E-state index contributed by atoms with van der Waals surface area (Å²) in [4.78, 5) is 37.3. The first-order chi connectivity index (χ1) is 13.3. The van der Waals surface area contributed by atoms with Gasteiger partial charge in [0.1, 0.15) is 23.4 Å². The molecule has 3 heterocycles. The Balaban J connectivity index is 2.07. The van der Waals surface area contributed by atoms with Crippen molar-refractivity contribution in [2.45, 2.75) is 26.3 Å². The smallest absolute Gasteiger partial charge is 0.295 e. The summed E-state index contributed by atoms with van der Waals surface area (Å²) >= 11 is 0. The fourth-order valence-corrected chi connectivity index (χ4v) is 3.37. The first kappa shape index (κ1) is 19.8. The van der Waals surface area contributed by atoms with E-state index in [4.69, 9.17) is 4.42 Å². The van der Waals surface area contributed by atoms with E-state index in [-0.39, 0.29) is 11.3 Å². The van der Waals surface area contributed by atoms with Gasteiger partial charge in [-0.1, -0.05) is 0 Å². The Labute approximate surface area is 163 Å². The number of aliphatic hydroxyl groups excluding tert-OH is 1. The minimum Gasteiger partial charge on any atom is -0.507 e. The Morgan fingerprint density at radius 1 is 1.32 bits per heavy atom. The normalized spacial score (nSPS) is 19.0. The molecule has 0 bridgehead atoms. The van der Waals surface area contributed by atoms with E-state index < -0.39 is 17.7 Å². The standard InChI is InChI=1S/C20H24N4O4/c1-12-14(11-21-13(2)22-12)18(25)16-17(15-7-5-10-28-15)24(20(27)19(16)26)9-6-8-23(3)4/h5,7,10-11,17,25H,6,8-9H2,1-4H3/b18-16+/t17-/m0/s1. The molecule has 1 saturated heterocycles. The van der Waals surface area contributed by atoms with Crippen LogP contribution in [0.25, 0.3) is 5.76 Å². The van der Waals surface area contributed by atoms with Gasteiger partial charge >= 0.3 is 0 Å². The first-order valence-electron chi connectivity index (χ1n) is 9.08. The molecule has 1 fully saturated rings. The van der Waals surface area contributed by atoms with Gasteiger partial charge in [0.2, 0.25) is 0 Å². The van der Waals surface area contributed by atoms with Crippen LogP contribution in [0.4, 0.5) is 0 Å². The van der Waals surface area contributed by atoms with E-state index in [1.54, 1.807) is 26.0 Å². The van der Waals surface area contributed by atoms with Gasteiger partial charge in [-0.15, -0.1) is 0 Å². The van der Waals surface area contributed by atoms with Crippen molar-refractivity contribution in [2.75, 3.05) is 27.2 Å². The van der Waals surface area contributed by atoms with E-state index in [1.165, 1.54) is 17.4 Å². The van der Waals surface area contributed by atoms with Crippen molar-refractivity contribution < 1.29 is 19.1 Å². The number of carbonyl (C=O) groups excluding carboxylic acids is 2. The minimum atomic E-state index is -0.780. The quantitative estimate of drug-likeness (QED) is 0.462. The molecule has 148 valence electrons. The van der Waals surface area contributed by atoms with Gasteiger partial charge in [0.05, 0.1) is 23.1 Å². The van der Waals surface area contributed by atoms with Gasteiger partial charge in [0, 0.05) is 12.7 Å². The van der Waals surface area contributed by atoms with Crippen molar-refractivity contribution in [3.63, 3.8) is 0 Å². The summed E-state index contributed by atoms with van der Waals surface area (Å²) in [5.41, 5.74) is 0.857. The van der Waals surface area contributed by atoms with Crippen LogP contribution < -0.4 is 0 Å². The minimum absolute atomic E-state index is 0.000330. The summed E-state index contributed by atoms with van der Waals surface area (Å²) in [5, 5.41) is 10.9. The molecule has 0 spiro atoms. The predicted molar refractivity (Wildman–Crippen MR) is 102 cm³/mol. The van der Waals surface area contributed by atoms with Crippen LogP contribution >= 0.6 is 0 Å². The number of likely N-dealkylation sites (tertiary alicyclic amines) is 1. The van der Waals surface area contributed by atoms with Gasteiger partial charge in [0.15, 0.2) is 0 Å². The maximum atomic E-state index is 12.8. The molecule has 8 nitrogen and oxygen atoms in total. The molecule has 1 atom stereocenters. The average Bonchev–Trinajstić information content (AvgIpc) is 3.23. The third kappa shape index (κ3) is 3.68. The summed E-state index contributed by atoms with van der Waals surface area (Å²) in [7, 11) is 3.89. The van der Waals surface area contributed by atoms with Crippen molar-refractivity contribution in [1.29, 1.82) is 0 Å². The molecule has 0 saturated carbocycles. The van der Waals surface area contributed by atoms with Crippen LogP contribution in [0.15, 0.2) is 34.6 Å². The maximum Gasteiger partial charge on any atom is 0.295 e.